The van der Waals surface area contributed by atoms with Gasteiger partial charge in [0.25, 0.3) is 5.91 Å². The summed E-state index contributed by atoms with van der Waals surface area (Å²) in [6, 6.07) is 3.70. The summed E-state index contributed by atoms with van der Waals surface area (Å²) in [5.74, 6) is 0.0574. The fraction of sp³-hybridized carbons (Fsp3) is 0.462. The van der Waals surface area contributed by atoms with Crippen LogP contribution in [0.2, 0.25) is 0 Å². The Morgan fingerprint density at radius 1 is 1.32 bits per heavy atom. The van der Waals surface area contributed by atoms with E-state index in [9.17, 15) is 4.79 Å². The number of carbonyl (C=O) groups is 1. The zero-order valence-corrected chi connectivity index (χ0v) is 11.8. The van der Waals surface area contributed by atoms with E-state index in [-0.39, 0.29) is 5.91 Å². The van der Waals surface area contributed by atoms with E-state index >= 15 is 0 Å². The zero-order valence-electron chi connectivity index (χ0n) is 11.0. The molecule has 3 heterocycles. The average molecular weight is 276 g/mol. The third kappa shape index (κ3) is 2.32. The molecular weight excluding hydrogens is 260 g/mol. The molecular formula is C13H16N4OS. The molecule has 2 unspecified atom stereocenters. The van der Waals surface area contributed by atoms with E-state index in [1.54, 1.807) is 12.4 Å². The van der Waals surface area contributed by atoms with Crippen molar-refractivity contribution in [3.05, 3.63) is 30.1 Å². The van der Waals surface area contributed by atoms with Crippen LogP contribution in [0, 0.1) is 0 Å². The van der Waals surface area contributed by atoms with Crippen LogP contribution < -0.4 is 0 Å². The number of hydrogen-bond acceptors (Lipinski definition) is 4. The van der Waals surface area contributed by atoms with Gasteiger partial charge in [0.05, 0.1) is 11.8 Å². The second-order valence-electron chi connectivity index (χ2n) is 4.92. The Morgan fingerprint density at radius 3 is 2.79 bits per heavy atom. The van der Waals surface area contributed by atoms with Crippen molar-refractivity contribution in [2.45, 2.75) is 24.3 Å². The summed E-state index contributed by atoms with van der Waals surface area (Å²) in [4.78, 5) is 14.5. The highest BCUT2D eigenvalue weighted by atomic mass is 32.2. The molecule has 2 aromatic heterocycles. The lowest BCUT2D eigenvalue weighted by Crippen LogP contribution is -2.44. The van der Waals surface area contributed by atoms with Gasteiger partial charge in [-0.2, -0.15) is 26.6 Å². The van der Waals surface area contributed by atoms with Crippen LogP contribution in [0.3, 0.4) is 0 Å². The largest absolute Gasteiger partial charge is 0.336 e. The van der Waals surface area contributed by atoms with E-state index in [2.05, 4.69) is 24.0 Å². The van der Waals surface area contributed by atoms with Gasteiger partial charge in [-0.15, -0.1) is 0 Å². The van der Waals surface area contributed by atoms with Crippen molar-refractivity contribution in [1.29, 1.82) is 0 Å². The monoisotopic (exact) mass is 276 g/mol. The van der Waals surface area contributed by atoms with Crippen LogP contribution in [0.15, 0.2) is 24.5 Å². The standard InChI is InChI=1S/C13H16N4OS/c1-9-7-16(8-10(2)19-9)13(18)11-6-15-17-12(11)4-3-5-14-17/h3-6,9-10H,7-8H2,1-2H3. The number of nitrogens with zero attached hydrogens (tertiary/aromatic N) is 4. The van der Waals surface area contributed by atoms with Crippen LogP contribution in [0.25, 0.3) is 5.52 Å². The van der Waals surface area contributed by atoms with Gasteiger partial charge in [0.1, 0.15) is 5.52 Å². The number of rotatable bonds is 1. The summed E-state index contributed by atoms with van der Waals surface area (Å²) in [6.07, 6.45) is 3.28. The molecule has 0 aliphatic carbocycles. The molecule has 1 saturated heterocycles. The zero-order chi connectivity index (χ0) is 13.4. The Kier molecular flexibility index (Phi) is 3.18. The summed E-state index contributed by atoms with van der Waals surface area (Å²) < 4.78 is 1.50. The van der Waals surface area contributed by atoms with E-state index in [0.29, 0.717) is 16.1 Å². The Balaban J connectivity index is 1.91. The van der Waals surface area contributed by atoms with Crippen molar-refractivity contribution in [3.63, 3.8) is 0 Å². The maximum absolute atomic E-state index is 12.6. The molecule has 1 fully saturated rings. The predicted octanol–water partition coefficient (Wildman–Crippen LogP) is 1.70. The van der Waals surface area contributed by atoms with Crippen LogP contribution in [0.4, 0.5) is 0 Å². The van der Waals surface area contributed by atoms with E-state index in [1.165, 1.54) is 4.63 Å². The maximum Gasteiger partial charge on any atom is 0.257 e. The highest BCUT2D eigenvalue weighted by Crippen LogP contribution is 2.26. The van der Waals surface area contributed by atoms with Crippen LogP contribution in [-0.2, 0) is 0 Å². The van der Waals surface area contributed by atoms with Crippen molar-refractivity contribution < 1.29 is 4.79 Å². The molecule has 5 nitrogen and oxygen atoms in total. The van der Waals surface area contributed by atoms with Crippen molar-refractivity contribution in [1.82, 2.24) is 19.7 Å². The number of fused-ring (bicyclic) bond motifs is 1. The number of hydrogen-bond donors (Lipinski definition) is 0. The minimum atomic E-state index is 0.0574. The number of thioether (sulfide) groups is 1. The van der Waals surface area contributed by atoms with Gasteiger partial charge in [0, 0.05) is 29.8 Å². The predicted molar refractivity (Wildman–Crippen MR) is 75.4 cm³/mol. The van der Waals surface area contributed by atoms with Crippen LogP contribution in [0.5, 0.6) is 0 Å². The first-order valence-electron chi connectivity index (χ1n) is 6.39. The van der Waals surface area contributed by atoms with Gasteiger partial charge in [-0.25, -0.2) is 0 Å². The first kappa shape index (κ1) is 12.5. The molecule has 2 atom stereocenters. The van der Waals surface area contributed by atoms with E-state index in [4.69, 9.17) is 0 Å². The van der Waals surface area contributed by atoms with Crippen LogP contribution in [0.1, 0.15) is 24.2 Å². The molecule has 6 heteroatoms. The molecule has 0 aromatic carbocycles. The molecule has 1 aliphatic heterocycles. The molecule has 0 saturated carbocycles. The Bertz CT molecular complexity index is 601. The van der Waals surface area contributed by atoms with E-state index in [0.717, 1.165) is 18.6 Å². The highest BCUT2D eigenvalue weighted by Gasteiger charge is 2.28. The lowest BCUT2D eigenvalue weighted by Gasteiger charge is -2.34. The lowest BCUT2D eigenvalue weighted by atomic mass is 10.2. The molecule has 0 spiro atoms. The summed E-state index contributed by atoms with van der Waals surface area (Å²) in [6.45, 7) is 5.92. The third-order valence-corrected chi connectivity index (χ3v) is 4.47. The lowest BCUT2D eigenvalue weighted by molar-refractivity contribution is 0.0755. The third-order valence-electron chi connectivity index (χ3n) is 3.24. The minimum absolute atomic E-state index is 0.0574. The highest BCUT2D eigenvalue weighted by molar-refractivity contribution is 8.00. The topological polar surface area (TPSA) is 50.5 Å². The Hall–Kier alpha value is -1.56. The van der Waals surface area contributed by atoms with E-state index < -0.39 is 0 Å². The van der Waals surface area contributed by atoms with E-state index in [1.807, 2.05) is 28.8 Å². The minimum Gasteiger partial charge on any atom is -0.336 e. The molecule has 3 rings (SSSR count). The fourth-order valence-corrected chi connectivity index (χ4v) is 3.84. The average Bonchev–Trinajstić information content (AvgIpc) is 2.80. The summed E-state index contributed by atoms with van der Waals surface area (Å²) in [7, 11) is 0. The van der Waals surface area contributed by atoms with Crippen molar-refractivity contribution in [2.24, 2.45) is 0 Å². The van der Waals surface area contributed by atoms with Crippen molar-refractivity contribution in [3.8, 4) is 0 Å². The van der Waals surface area contributed by atoms with Gasteiger partial charge in [0.2, 0.25) is 0 Å². The number of aromatic nitrogens is 3. The second kappa shape index (κ2) is 4.85. The normalized spacial score (nSPS) is 23.8. The molecule has 1 amide bonds. The van der Waals surface area contributed by atoms with Gasteiger partial charge < -0.3 is 4.90 Å². The molecule has 1 aliphatic rings. The number of amides is 1. The van der Waals surface area contributed by atoms with Crippen LogP contribution >= 0.6 is 11.8 Å². The SMILES string of the molecule is CC1CN(C(=O)c2cnn3ncccc23)CC(C)S1. The summed E-state index contributed by atoms with van der Waals surface area (Å²) >= 11 is 1.94. The maximum atomic E-state index is 12.6. The Labute approximate surface area is 116 Å². The smallest absolute Gasteiger partial charge is 0.257 e. The van der Waals surface area contributed by atoms with Gasteiger partial charge in [-0.05, 0) is 12.1 Å². The van der Waals surface area contributed by atoms with Gasteiger partial charge in [-0.3, -0.25) is 4.79 Å². The van der Waals surface area contributed by atoms with Gasteiger partial charge >= 0.3 is 0 Å². The quantitative estimate of drug-likeness (QED) is 0.795. The summed E-state index contributed by atoms with van der Waals surface area (Å²) in [5, 5.41) is 9.17. The molecule has 0 bridgehead atoms. The fourth-order valence-electron chi connectivity index (χ4n) is 2.51. The Morgan fingerprint density at radius 2 is 2.05 bits per heavy atom. The first-order valence-corrected chi connectivity index (χ1v) is 7.33. The summed E-state index contributed by atoms with van der Waals surface area (Å²) in [5.41, 5.74) is 1.41. The van der Waals surface area contributed by atoms with Crippen molar-refractivity contribution in [2.75, 3.05) is 13.1 Å². The number of carbonyl (C=O) groups excluding carboxylic acids is 1. The molecule has 0 N–H and O–H groups in total. The second-order valence-corrected chi connectivity index (χ2v) is 6.81. The first-order chi connectivity index (χ1) is 9.15. The van der Waals surface area contributed by atoms with Gasteiger partial charge in [-0.1, -0.05) is 13.8 Å². The molecule has 100 valence electrons. The molecule has 19 heavy (non-hydrogen) atoms. The molecule has 2 aromatic rings. The van der Waals surface area contributed by atoms with Gasteiger partial charge in [0.15, 0.2) is 0 Å². The van der Waals surface area contributed by atoms with Crippen molar-refractivity contribution >= 4 is 23.2 Å². The molecule has 0 radical (unpaired) electrons. The van der Waals surface area contributed by atoms with Crippen LogP contribution in [-0.4, -0.2) is 49.2 Å².